The molecule has 0 fully saturated rings. The predicted octanol–water partition coefficient (Wildman–Crippen LogP) is 11.8. The molecule has 0 aromatic heterocycles. The van der Waals surface area contributed by atoms with E-state index < -0.39 is 5.41 Å². The molecule has 10 rings (SSSR count). The first-order valence-corrected chi connectivity index (χ1v) is 15.9. The molecule has 2 aliphatic rings. The van der Waals surface area contributed by atoms with E-state index in [1.165, 1.54) is 71.6 Å². The lowest BCUT2D eigenvalue weighted by molar-refractivity contribution is 0.487. The molecule has 0 saturated heterocycles. The van der Waals surface area contributed by atoms with E-state index in [-0.39, 0.29) is 0 Å². The SMILES string of the molecule is c1ccc(C2(c3ccc(-c4cc5c6c(cccc6c4)Oc4ccccc4-5)cc3)c3ccccc3-c3ccc4ccccc4c32)cc1. The van der Waals surface area contributed by atoms with Gasteiger partial charge in [0.05, 0.1) is 5.41 Å². The van der Waals surface area contributed by atoms with Gasteiger partial charge in [-0.25, -0.2) is 0 Å². The fourth-order valence-corrected chi connectivity index (χ4v) is 8.20. The molecule has 1 nitrogen and oxygen atoms in total. The number of fused-ring (bicyclic) bond motifs is 7. The topological polar surface area (TPSA) is 9.23 Å². The van der Waals surface area contributed by atoms with Crippen LogP contribution in [0.15, 0.2) is 170 Å². The molecule has 0 N–H and O–H groups in total. The first-order valence-electron chi connectivity index (χ1n) is 15.9. The zero-order chi connectivity index (χ0) is 30.2. The summed E-state index contributed by atoms with van der Waals surface area (Å²) in [6.07, 6.45) is 0. The number of ether oxygens (including phenoxy) is 1. The van der Waals surface area contributed by atoms with Crippen molar-refractivity contribution in [2.24, 2.45) is 0 Å². The second kappa shape index (κ2) is 9.54. The second-order valence-corrected chi connectivity index (χ2v) is 12.4. The summed E-state index contributed by atoms with van der Waals surface area (Å²) >= 11 is 0. The fraction of sp³-hybridized carbons (Fsp3) is 0.0222. The van der Waals surface area contributed by atoms with Crippen LogP contribution in [0.25, 0.3) is 54.9 Å². The molecule has 0 saturated carbocycles. The molecule has 0 spiro atoms. The van der Waals surface area contributed by atoms with Gasteiger partial charge in [-0.05, 0) is 90.5 Å². The summed E-state index contributed by atoms with van der Waals surface area (Å²) in [6.45, 7) is 0. The van der Waals surface area contributed by atoms with Gasteiger partial charge in [-0.1, -0.05) is 146 Å². The summed E-state index contributed by atoms with van der Waals surface area (Å²) in [4.78, 5) is 0. The maximum atomic E-state index is 6.31. The third-order valence-corrected chi connectivity index (χ3v) is 10.1. The first kappa shape index (κ1) is 25.4. The molecule has 1 aliphatic heterocycles. The van der Waals surface area contributed by atoms with E-state index in [0.29, 0.717) is 0 Å². The molecule has 1 heterocycles. The van der Waals surface area contributed by atoms with E-state index in [1.807, 2.05) is 6.07 Å². The summed E-state index contributed by atoms with van der Waals surface area (Å²) < 4.78 is 6.31. The van der Waals surface area contributed by atoms with Gasteiger partial charge in [-0.15, -0.1) is 0 Å². The molecule has 46 heavy (non-hydrogen) atoms. The van der Waals surface area contributed by atoms with Crippen LogP contribution in [0.5, 0.6) is 11.5 Å². The molecule has 1 heteroatoms. The van der Waals surface area contributed by atoms with Crippen molar-refractivity contribution in [2.75, 3.05) is 0 Å². The molecule has 0 bridgehead atoms. The number of hydrogen-bond donors (Lipinski definition) is 0. The standard InChI is InChI=1S/C45H28O/c1-2-13-33(14-3-1)45(40-18-8-6-16-36(40)38-26-23-30-11-4-5-15-35(30)44(38)45)34-24-21-29(22-25-34)32-27-31-12-10-20-42-43(31)39(28-32)37-17-7-9-19-41(37)46-42/h1-28H. The van der Waals surface area contributed by atoms with Gasteiger partial charge in [0.1, 0.15) is 11.5 Å². The van der Waals surface area contributed by atoms with Crippen molar-refractivity contribution in [2.45, 2.75) is 5.41 Å². The van der Waals surface area contributed by atoms with Gasteiger partial charge in [0, 0.05) is 10.9 Å². The molecular weight excluding hydrogens is 556 g/mol. The van der Waals surface area contributed by atoms with Crippen LogP contribution in [-0.2, 0) is 5.41 Å². The number of hydrogen-bond acceptors (Lipinski definition) is 1. The van der Waals surface area contributed by atoms with Crippen molar-refractivity contribution < 1.29 is 4.74 Å². The molecule has 1 atom stereocenters. The Hall–Kier alpha value is -5.92. The molecule has 0 amide bonds. The molecule has 214 valence electrons. The Labute approximate surface area is 268 Å². The Bertz CT molecular complexity index is 2490. The van der Waals surface area contributed by atoms with Gasteiger partial charge in [-0.2, -0.15) is 0 Å². The Morgan fingerprint density at radius 3 is 1.98 bits per heavy atom. The zero-order valence-electron chi connectivity index (χ0n) is 25.1. The van der Waals surface area contributed by atoms with E-state index >= 15 is 0 Å². The van der Waals surface area contributed by atoms with Crippen molar-refractivity contribution in [3.8, 4) is 44.9 Å². The minimum atomic E-state index is -0.451. The van der Waals surface area contributed by atoms with E-state index in [9.17, 15) is 0 Å². The van der Waals surface area contributed by atoms with Crippen LogP contribution in [-0.4, -0.2) is 0 Å². The maximum absolute atomic E-state index is 6.31. The lowest BCUT2D eigenvalue weighted by atomic mass is 9.66. The quantitative estimate of drug-likeness (QED) is 0.201. The van der Waals surface area contributed by atoms with E-state index in [4.69, 9.17) is 4.74 Å². The smallest absolute Gasteiger partial charge is 0.135 e. The Kier molecular flexibility index (Phi) is 5.27. The summed E-state index contributed by atoms with van der Waals surface area (Å²) in [5.74, 6) is 1.83. The van der Waals surface area contributed by atoms with Crippen molar-refractivity contribution in [3.63, 3.8) is 0 Å². The maximum Gasteiger partial charge on any atom is 0.135 e. The van der Waals surface area contributed by atoms with Crippen molar-refractivity contribution >= 4 is 21.5 Å². The Balaban J connectivity index is 1.22. The minimum absolute atomic E-state index is 0.451. The molecule has 8 aromatic rings. The van der Waals surface area contributed by atoms with E-state index in [0.717, 1.165) is 17.1 Å². The van der Waals surface area contributed by atoms with E-state index in [2.05, 4.69) is 164 Å². The lowest BCUT2D eigenvalue weighted by Gasteiger charge is -2.34. The monoisotopic (exact) mass is 584 g/mol. The highest BCUT2D eigenvalue weighted by Gasteiger charge is 2.47. The second-order valence-electron chi connectivity index (χ2n) is 12.4. The van der Waals surface area contributed by atoms with Crippen LogP contribution < -0.4 is 4.74 Å². The average molecular weight is 585 g/mol. The molecule has 8 aromatic carbocycles. The van der Waals surface area contributed by atoms with Gasteiger partial charge in [-0.3, -0.25) is 0 Å². The first-order chi connectivity index (χ1) is 22.8. The summed E-state index contributed by atoms with van der Waals surface area (Å²) in [6, 6.07) is 62.2. The minimum Gasteiger partial charge on any atom is -0.456 e. The van der Waals surface area contributed by atoms with Gasteiger partial charge in [0.15, 0.2) is 0 Å². The van der Waals surface area contributed by atoms with Crippen LogP contribution in [0.4, 0.5) is 0 Å². The summed E-state index contributed by atoms with van der Waals surface area (Å²) in [5.41, 5.74) is 12.2. The highest BCUT2D eigenvalue weighted by molar-refractivity contribution is 6.06. The van der Waals surface area contributed by atoms with Crippen molar-refractivity contribution in [3.05, 3.63) is 192 Å². The lowest BCUT2D eigenvalue weighted by Crippen LogP contribution is -2.28. The normalized spacial score (nSPS) is 15.7. The van der Waals surface area contributed by atoms with Crippen LogP contribution in [0.1, 0.15) is 22.3 Å². The number of benzene rings is 8. The van der Waals surface area contributed by atoms with Crippen LogP contribution in [0.2, 0.25) is 0 Å². The Morgan fingerprint density at radius 2 is 1.09 bits per heavy atom. The highest BCUT2D eigenvalue weighted by atomic mass is 16.5. The van der Waals surface area contributed by atoms with Gasteiger partial charge in [0.25, 0.3) is 0 Å². The number of rotatable bonds is 3. The third kappa shape index (κ3) is 3.40. The zero-order valence-corrected chi connectivity index (χ0v) is 25.1. The largest absolute Gasteiger partial charge is 0.456 e. The number of para-hydroxylation sites is 1. The van der Waals surface area contributed by atoms with Gasteiger partial charge < -0.3 is 4.74 Å². The van der Waals surface area contributed by atoms with Crippen LogP contribution in [0.3, 0.4) is 0 Å². The van der Waals surface area contributed by atoms with Gasteiger partial charge >= 0.3 is 0 Å². The Morgan fingerprint density at radius 1 is 0.391 bits per heavy atom. The molecule has 1 unspecified atom stereocenters. The average Bonchev–Trinajstić information content (AvgIpc) is 3.44. The van der Waals surface area contributed by atoms with E-state index in [1.54, 1.807) is 0 Å². The summed E-state index contributed by atoms with van der Waals surface area (Å²) in [7, 11) is 0. The van der Waals surface area contributed by atoms with Crippen LogP contribution >= 0.6 is 0 Å². The van der Waals surface area contributed by atoms with Gasteiger partial charge in [0.2, 0.25) is 0 Å². The predicted molar refractivity (Wildman–Crippen MR) is 190 cm³/mol. The van der Waals surface area contributed by atoms with Crippen LogP contribution in [0, 0.1) is 0 Å². The summed E-state index contributed by atoms with van der Waals surface area (Å²) in [5, 5.41) is 4.93. The molecule has 0 radical (unpaired) electrons. The highest BCUT2D eigenvalue weighted by Crippen LogP contribution is 2.58. The third-order valence-electron chi connectivity index (χ3n) is 10.1. The molecular formula is C45H28O. The van der Waals surface area contributed by atoms with Crippen molar-refractivity contribution in [1.82, 2.24) is 0 Å². The fourth-order valence-electron chi connectivity index (χ4n) is 8.20. The van der Waals surface area contributed by atoms with Crippen molar-refractivity contribution in [1.29, 1.82) is 0 Å². The molecule has 1 aliphatic carbocycles.